The molecule has 20 heavy (non-hydrogen) atoms. The second-order valence-electron chi connectivity index (χ2n) is 5.60. The summed E-state index contributed by atoms with van der Waals surface area (Å²) in [6, 6.07) is 4.88. The summed E-state index contributed by atoms with van der Waals surface area (Å²) in [6.45, 7) is 2.20. The molecule has 1 aliphatic carbocycles. The fraction of sp³-hybridized carbons (Fsp3) is 0.600. The normalized spacial score (nSPS) is 24.9. The average molecular weight is 274 g/mol. The van der Waals surface area contributed by atoms with Crippen LogP contribution in [0.15, 0.2) is 24.5 Å². The van der Waals surface area contributed by atoms with E-state index in [2.05, 4.69) is 28.5 Å². The number of ether oxygens (including phenoxy) is 1. The van der Waals surface area contributed by atoms with E-state index in [0.717, 1.165) is 18.4 Å². The summed E-state index contributed by atoms with van der Waals surface area (Å²) >= 11 is 0. The van der Waals surface area contributed by atoms with Gasteiger partial charge in [0.1, 0.15) is 0 Å². The number of methoxy groups -OCH3 is 1. The van der Waals surface area contributed by atoms with Gasteiger partial charge in [0.2, 0.25) is 0 Å². The molecule has 1 fully saturated rings. The molecule has 0 amide bonds. The van der Waals surface area contributed by atoms with E-state index in [0.29, 0.717) is 18.2 Å². The van der Waals surface area contributed by atoms with Gasteiger partial charge in [0.25, 0.3) is 0 Å². The fourth-order valence-corrected chi connectivity index (χ4v) is 3.09. The zero-order valence-electron chi connectivity index (χ0n) is 12.1. The summed E-state index contributed by atoms with van der Waals surface area (Å²) in [6.07, 6.45) is 8.79. The average Bonchev–Trinajstić information content (AvgIpc) is 2.92. The van der Waals surface area contributed by atoms with Gasteiger partial charge in [-0.2, -0.15) is 14.8 Å². The van der Waals surface area contributed by atoms with Crippen LogP contribution in [0.5, 0.6) is 0 Å². The van der Waals surface area contributed by atoms with Gasteiger partial charge in [0, 0.05) is 31.0 Å². The van der Waals surface area contributed by atoms with Crippen molar-refractivity contribution < 1.29 is 4.74 Å². The first kappa shape index (κ1) is 13.5. The molecule has 0 aliphatic heterocycles. The lowest BCUT2D eigenvalue weighted by Crippen LogP contribution is -2.36. The molecule has 0 saturated heterocycles. The number of aromatic nitrogens is 3. The van der Waals surface area contributed by atoms with Crippen molar-refractivity contribution >= 4 is 5.52 Å². The Morgan fingerprint density at radius 3 is 2.85 bits per heavy atom. The van der Waals surface area contributed by atoms with Crippen molar-refractivity contribution in [3.63, 3.8) is 0 Å². The van der Waals surface area contributed by atoms with Crippen molar-refractivity contribution in [2.24, 2.45) is 0 Å². The molecule has 5 nitrogen and oxygen atoms in total. The van der Waals surface area contributed by atoms with Crippen LogP contribution in [0.1, 0.15) is 44.2 Å². The lowest BCUT2D eigenvalue weighted by Gasteiger charge is -2.30. The molecule has 5 heteroatoms. The van der Waals surface area contributed by atoms with Crippen molar-refractivity contribution in [2.45, 2.75) is 50.8 Å². The van der Waals surface area contributed by atoms with Crippen molar-refractivity contribution in [2.75, 3.05) is 7.11 Å². The molecular formula is C15H22N4O. The third-order valence-corrected chi connectivity index (χ3v) is 4.29. The molecule has 1 N–H and O–H groups in total. The van der Waals surface area contributed by atoms with Gasteiger partial charge in [0.05, 0.1) is 17.8 Å². The Morgan fingerprint density at radius 2 is 2.10 bits per heavy atom. The molecule has 0 radical (unpaired) electrons. The molecule has 108 valence electrons. The van der Waals surface area contributed by atoms with Crippen LogP contribution < -0.4 is 5.32 Å². The number of nitrogens with zero attached hydrogens (tertiary/aromatic N) is 3. The maximum atomic E-state index is 5.42. The van der Waals surface area contributed by atoms with E-state index in [1.165, 1.54) is 18.4 Å². The third-order valence-electron chi connectivity index (χ3n) is 4.29. The van der Waals surface area contributed by atoms with Gasteiger partial charge in [-0.05, 0) is 44.7 Å². The Bertz CT molecular complexity index is 560. The summed E-state index contributed by atoms with van der Waals surface area (Å²) in [7, 11) is 1.81. The molecule has 3 rings (SSSR count). The molecule has 0 bridgehead atoms. The molecule has 1 saturated carbocycles. The van der Waals surface area contributed by atoms with Crippen LogP contribution in [0, 0.1) is 0 Å². The van der Waals surface area contributed by atoms with Crippen LogP contribution in [0.3, 0.4) is 0 Å². The van der Waals surface area contributed by atoms with Crippen molar-refractivity contribution in [1.82, 2.24) is 20.1 Å². The monoisotopic (exact) mass is 274 g/mol. The number of rotatable bonds is 4. The molecule has 2 heterocycles. The van der Waals surface area contributed by atoms with Gasteiger partial charge in [-0.3, -0.25) is 0 Å². The zero-order chi connectivity index (χ0) is 13.9. The summed E-state index contributed by atoms with van der Waals surface area (Å²) in [5.74, 6) is 0. The Morgan fingerprint density at radius 1 is 1.30 bits per heavy atom. The quantitative estimate of drug-likeness (QED) is 0.929. The third kappa shape index (κ3) is 2.69. The molecule has 2 aromatic heterocycles. The zero-order valence-corrected chi connectivity index (χ0v) is 12.1. The van der Waals surface area contributed by atoms with Crippen LogP contribution in [0.25, 0.3) is 5.52 Å². The number of hydrogen-bond donors (Lipinski definition) is 1. The first-order valence-electron chi connectivity index (χ1n) is 7.35. The lowest BCUT2D eigenvalue weighted by molar-refractivity contribution is 0.0614. The highest BCUT2D eigenvalue weighted by atomic mass is 16.5. The van der Waals surface area contributed by atoms with Crippen molar-refractivity contribution in [1.29, 1.82) is 0 Å². The molecule has 1 unspecified atom stereocenters. The Balaban J connectivity index is 1.66. The van der Waals surface area contributed by atoms with Crippen LogP contribution >= 0.6 is 0 Å². The minimum atomic E-state index is 0.292. The predicted octanol–water partition coefficient (Wildman–Crippen LogP) is 2.34. The second-order valence-corrected chi connectivity index (χ2v) is 5.60. The van der Waals surface area contributed by atoms with Crippen LogP contribution in [0.4, 0.5) is 0 Å². The van der Waals surface area contributed by atoms with Gasteiger partial charge < -0.3 is 10.1 Å². The summed E-state index contributed by atoms with van der Waals surface area (Å²) in [5.41, 5.74) is 2.30. The van der Waals surface area contributed by atoms with Crippen LogP contribution in [-0.4, -0.2) is 34.1 Å². The van der Waals surface area contributed by atoms with Crippen LogP contribution in [0.2, 0.25) is 0 Å². The smallest absolute Gasteiger partial charge is 0.0920 e. The molecule has 0 aromatic carbocycles. The minimum Gasteiger partial charge on any atom is -0.381 e. The highest BCUT2D eigenvalue weighted by Gasteiger charge is 2.23. The summed E-state index contributed by atoms with van der Waals surface area (Å²) < 4.78 is 7.11. The Labute approximate surface area is 119 Å². The first-order chi connectivity index (χ1) is 9.78. The topological polar surface area (TPSA) is 51.5 Å². The van der Waals surface area contributed by atoms with Crippen molar-refractivity contribution in [3.8, 4) is 0 Å². The molecule has 2 aromatic rings. The molecule has 1 aliphatic rings. The molecular weight excluding hydrogens is 252 g/mol. The predicted molar refractivity (Wildman–Crippen MR) is 77.6 cm³/mol. The van der Waals surface area contributed by atoms with Gasteiger partial charge in [0.15, 0.2) is 0 Å². The van der Waals surface area contributed by atoms with Gasteiger partial charge in [-0.1, -0.05) is 0 Å². The standard InChI is InChI=1S/C15H22N4O/c1-11(18-12-5-7-13(20-2)8-6-12)14-10-17-19-15(14)4-3-9-16-19/h3-4,9-13,18H,5-8H2,1-2H3. The highest BCUT2D eigenvalue weighted by molar-refractivity contribution is 5.53. The maximum absolute atomic E-state index is 5.42. The first-order valence-corrected chi connectivity index (χ1v) is 7.35. The van der Waals surface area contributed by atoms with E-state index in [1.807, 2.05) is 19.4 Å². The van der Waals surface area contributed by atoms with Crippen LogP contribution in [-0.2, 0) is 4.74 Å². The number of hydrogen-bond acceptors (Lipinski definition) is 4. The van der Waals surface area contributed by atoms with E-state index in [-0.39, 0.29) is 0 Å². The SMILES string of the molecule is COC1CCC(NC(C)c2cnn3ncccc23)CC1. The Hall–Kier alpha value is -1.46. The van der Waals surface area contributed by atoms with E-state index in [4.69, 9.17) is 4.74 Å². The van der Waals surface area contributed by atoms with E-state index >= 15 is 0 Å². The Kier molecular flexibility index (Phi) is 3.98. The van der Waals surface area contributed by atoms with Gasteiger partial charge >= 0.3 is 0 Å². The second kappa shape index (κ2) is 5.89. The van der Waals surface area contributed by atoms with E-state index in [1.54, 1.807) is 10.8 Å². The highest BCUT2D eigenvalue weighted by Crippen LogP contribution is 2.24. The van der Waals surface area contributed by atoms with Gasteiger partial charge in [-0.25, -0.2) is 0 Å². The lowest BCUT2D eigenvalue weighted by atomic mass is 9.92. The fourth-order valence-electron chi connectivity index (χ4n) is 3.09. The largest absolute Gasteiger partial charge is 0.381 e. The maximum Gasteiger partial charge on any atom is 0.0920 e. The van der Waals surface area contributed by atoms with Crippen molar-refractivity contribution in [3.05, 3.63) is 30.1 Å². The summed E-state index contributed by atoms with van der Waals surface area (Å²) in [5, 5.41) is 12.2. The van der Waals surface area contributed by atoms with E-state index < -0.39 is 0 Å². The molecule has 0 spiro atoms. The van der Waals surface area contributed by atoms with Gasteiger partial charge in [-0.15, -0.1) is 0 Å². The number of nitrogens with one attached hydrogen (secondary N) is 1. The molecule has 1 atom stereocenters. The number of fused-ring (bicyclic) bond motifs is 1. The summed E-state index contributed by atoms with van der Waals surface area (Å²) in [4.78, 5) is 0. The minimum absolute atomic E-state index is 0.292. The van der Waals surface area contributed by atoms with E-state index in [9.17, 15) is 0 Å².